The zero-order valence-corrected chi connectivity index (χ0v) is 10.4. The van der Waals surface area contributed by atoms with Gasteiger partial charge in [0.25, 0.3) is 6.01 Å². The SMILES string of the molecule is CCN(c1nc(CNC2CC2)co1)C(C)C. The minimum Gasteiger partial charge on any atom is -0.432 e. The molecule has 0 atom stereocenters. The lowest BCUT2D eigenvalue weighted by molar-refractivity contribution is 0.516. The van der Waals surface area contributed by atoms with Gasteiger partial charge < -0.3 is 14.6 Å². The minimum absolute atomic E-state index is 0.424. The van der Waals surface area contributed by atoms with Crippen molar-refractivity contribution >= 4 is 6.01 Å². The molecule has 16 heavy (non-hydrogen) atoms. The molecule has 4 nitrogen and oxygen atoms in total. The van der Waals surface area contributed by atoms with Crippen LogP contribution in [0.4, 0.5) is 6.01 Å². The van der Waals surface area contributed by atoms with Gasteiger partial charge in [0.1, 0.15) is 6.26 Å². The van der Waals surface area contributed by atoms with Gasteiger partial charge in [0.05, 0.1) is 5.69 Å². The van der Waals surface area contributed by atoms with Gasteiger partial charge in [0, 0.05) is 25.2 Å². The molecule has 1 fully saturated rings. The van der Waals surface area contributed by atoms with Crippen LogP contribution in [0.1, 0.15) is 39.3 Å². The molecule has 0 aliphatic heterocycles. The van der Waals surface area contributed by atoms with Gasteiger partial charge >= 0.3 is 0 Å². The van der Waals surface area contributed by atoms with E-state index >= 15 is 0 Å². The largest absolute Gasteiger partial charge is 0.432 e. The average Bonchev–Trinajstić information content (AvgIpc) is 2.96. The predicted octanol–water partition coefficient (Wildman–Crippen LogP) is 2.16. The summed E-state index contributed by atoms with van der Waals surface area (Å²) in [6.07, 6.45) is 4.37. The first-order chi connectivity index (χ1) is 7.70. The maximum absolute atomic E-state index is 5.51. The first-order valence-electron chi connectivity index (χ1n) is 6.15. The van der Waals surface area contributed by atoms with E-state index in [9.17, 15) is 0 Å². The van der Waals surface area contributed by atoms with Crippen molar-refractivity contribution in [2.24, 2.45) is 0 Å². The number of hydrogen-bond donors (Lipinski definition) is 1. The molecule has 0 bridgehead atoms. The zero-order valence-electron chi connectivity index (χ0n) is 10.4. The van der Waals surface area contributed by atoms with Crippen LogP contribution >= 0.6 is 0 Å². The second-order valence-corrected chi connectivity index (χ2v) is 4.66. The van der Waals surface area contributed by atoms with Gasteiger partial charge in [0.2, 0.25) is 0 Å². The molecular weight excluding hydrogens is 202 g/mol. The molecule has 1 aromatic rings. The van der Waals surface area contributed by atoms with Gasteiger partial charge in [-0.15, -0.1) is 0 Å². The summed E-state index contributed by atoms with van der Waals surface area (Å²) < 4.78 is 5.51. The number of oxazole rings is 1. The molecule has 4 heteroatoms. The topological polar surface area (TPSA) is 41.3 Å². The quantitative estimate of drug-likeness (QED) is 0.802. The first kappa shape index (κ1) is 11.5. The van der Waals surface area contributed by atoms with Gasteiger partial charge in [0.15, 0.2) is 0 Å². The minimum atomic E-state index is 0.424. The Balaban J connectivity index is 1.93. The first-order valence-corrected chi connectivity index (χ1v) is 6.15. The normalized spacial score (nSPS) is 15.8. The van der Waals surface area contributed by atoms with Crippen LogP contribution in [0.25, 0.3) is 0 Å². The van der Waals surface area contributed by atoms with E-state index in [1.165, 1.54) is 12.8 Å². The number of nitrogens with zero attached hydrogens (tertiary/aromatic N) is 2. The molecule has 2 rings (SSSR count). The molecule has 1 N–H and O–H groups in total. The van der Waals surface area contributed by atoms with E-state index in [4.69, 9.17) is 4.42 Å². The van der Waals surface area contributed by atoms with Crippen molar-refractivity contribution in [3.05, 3.63) is 12.0 Å². The summed E-state index contributed by atoms with van der Waals surface area (Å²) in [5.41, 5.74) is 1.00. The van der Waals surface area contributed by atoms with E-state index in [2.05, 4.69) is 36.0 Å². The van der Waals surface area contributed by atoms with Crippen LogP contribution in [-0.4, -0.2) is 23.6 Å². The Bertz CT molecular complexity index is 331. The van der Waals surface area contributed by atoms with Crippen molar-refractivity contribution in [2.75, 3.05) is 11.4 Å². The van der Waals surface area contributed by atoms with Crippen molar-refractivity contribution in [1.29, 1.82) is 0 Å². The third-order valence-electron chi connectivity index (χ3n) is 2.90. The third-order valence-corrected chi connectivity index (χ3v) is 2.90. The number of anilines is 1. The smallest absolute Gasteiger partial charge is 0.297 e. The summed E-state index contributed by atoms with van der Waals surface area (Å²) in [4.78, 5) is 6.65. The number of rotatable bonds is 6. The Labute approximate surface area is 97.0 Å². The standard InChI is InChI=1S/C12H21N3O/c1-4-15(9(2)3)12-14-11(8-16-12)7-13-10-5-6-10/h8-10,13H,4-7H2,1-3H3. The molecule has 1 saturated carbocycles. The lowest BCUT2D eigenvalue weighted by Gasteiger charge is -2.22. The summed E-state index contributed by atoms with van der Waals surface area (Å²) in [6, 6.07) is 1.88. The highest BCUT2D eigenvalue weighted by molar-refractivity contribution is 5.27. The van der Waals surface area contributed by atoms with Crippen LogP contribution in [0.15, 0.2) is 10.7 Å². The molecule has 0 spiro atoms. The lowest BCUT2D eigenvalue weighted by Crippen LogP contribution is -2.30. The van der Waals surface area contributed by atoms with Crippen molar-refractivity contribution in [3.63, 3.8) is 0 Å². The van der Waals surface area contributed by atoms with E-state index in [1.807, 2.05) is 0 Å². The van der Waals surface area contributed by atoms with Gasteiger partial charge in [-0.05, 0) is 33.6 Å². The van der Waals surface area contributed by atoms with Crippen LogP contribution in [0, 0.1) is 0 Å². The van der Waals surface area contributed by atoms with Crippen LogP contribution in [0.3, 0.4) is 0 Å². The fourth-order valence-corrected chi connectivity index (χ4v) is 1.77. The fourth-order valence-electron chi connectivity index (χ4n) is 1.77. The van der Waals surface area contributed by atoms with Crippen LogP contribution in [-0.2, 0) is 6.54 Å². The third kappa shape index (κ3) is 2.76. The fraction of sp³-hybridized carbons (Fsp3) is 0.750. The molecule has 0 amide bonds. The van der Waals surface area contributed by atoms with Gasteiger partial charge in [-0.2, -0.15) is 4.98 Å². The van der Waals surface area contributed by atoms with Crippen molar-refractivity contribution < 1.29 is 4.42 Å². The molecule has 1 heterocycles. The average molecular weight is 223 g/mol. The Morgan fingerprint density at radius 1 is 1.56 bits per heavy atom. The molecule has 0 unspecified atom stereocenters. The predicted molar refractivity (Wildman–Crippen MR) is 64.5 cm³/mol. The Morgan fingerprint density at radius 2 is 2.31 bits per heavy atom. The van der Waals surface area contributed by atoms with E-state index in [0.29, 0.717) is 12.1 Å². The molecule has 1 aliphatic carbocycles. The second kappa shape index (κ2) is 4.87. The number of hydrogen-bond acceptors (Lipinski definition) is 4. The summed E-state index contributed by atoms with van der Waals surface area (Å²) in [5, 5.41) is 3.43. The summed E-state index contributed by atoms with van der Waals surface area (Å²) in [7, 11) is 0. The highest BCUT2D eigenvalue weighted by atomic mass is 16.4. The highest BCUT2D eigenvalue weighted by Gasteiger charge is 2.21. The van der Waals surface area contributed by atoms with Gasteiger partial charge in [-0.3, -0.25) is 0 Å². The number of nitrogens with one attached hydrogen (secondary N) is 1. The van der Waals surface area contributed by atoms with Gasteiger partial charge in [-0.25, -0.2) is 0 Å². The Kier molecular flexibility index (Phi) is 3.49. The maximum atomic E-state index is 5.51. The van der Waals surface area contributed by atoms with Crippen molar-refractivity contribution in [3.8, 4) is 0 Å². The van der Waals surface area contributed by atoms with Crippen LogP contribution in [0.2, 0.25) is 0 Å². The molecule has 0 aromatic carbocycles. The summed E-state index contributed by atoms with van der Waals surface area (Å²) in [5.74, 6) is 0. The molecule has 90 valence electrons. The van der Waals surface area contributed by atoms with E-state index in [1.54, 1.807) is 6.26 Å². The zero-order chi connectivity index (χ0) is 11.5. The van der Waals surface area contributed by atoms with E-state index in [-0.39, 0.29) is 0 Å². The van der Waals surface area contributed by atoms with Crippen molar-refractivity contribution in [1.82, 2.24) is 10.3 Å². The molecule has 1 aliphatic rings. The molecule has 1 aromatic heterocycles. The van der Waals surface area contributed by atoms with E-state index in [0.717, 1.165) is 24.8 Å². The van der Waals surface area contributed by atoms with Crippen LogP contribution < -0.4 is 10.2 Å². The second-order valence-electron chi connectivity index (χ2n) is 4.66. The molecule has 0 radical (unpaired) electrons. The monoisotopic (exact) mass is 223 g/mol. The van der Waals surface area contributed by atoms with Crippen molar-refractivity contribution in [2.45, 2.75) is 52.2 Å². The van der Waals surface area contributed by atoms with Gasteiger partial charge in [-0.1, -0.05) is 0 Å². The summed E-state index contributed by atoms with van der Waals surface area (Å²) in [6.45, 7) is 8.16. The molecule has 0 saturated heterocycles. The highest BCUT2D eigenvalue weighted by Crippen LogP contribution is 2.20. The number of aromatic nitrogens is 1. The maximum Gasteiger partial charge on any atom is 0.297 e. The Hall–Kier alpha value is -1.03. The Morgan fingerprint density at radius 3 is 2.88 bits per heavy atom. The van der Waals surface area contributed by atoms with E-state index < -0.39 is 0 Å². The summed E-state index contributed by atoms with van der Waals surface area (Å²) >= 11 is 0. The van der Waals surface area contributed by atoms with Crippen LogP contribution in [0.5, 0.6) is 0 Å². The lowest BCUT2D eigenvalue weighted by atomic mass is 10.3. The molecular formula is C12H21N3O.